The molecule has 3 heteroatoms. The predicted octanol–water partition coefficient (Wildman–Crippen LogP) is 10.2. The molecule has 0 saturated heterocycles. The van der Waals surface area contributed by atoms with Gasteiger partial charge in [0, 0.05) is 17.8 Å². The van der Waals surface area contributed by atoms with E-state index in [0.717, 1.165) is 30.2 Å². The minimum Gasteiger partial charge on any atom is -0.478 e. The summed E-state index contributed by atoms with van der Waals surface area (Å²) in [6.45, 7) is 19.1. The summed E-state index contributed by atoms with van der Waals surface area (Å²) in [6.07, 6.45) is 13.5. The Morgan fingerprint density at radius 2 is 1.45 bits per heavy atom. The Bertz CT molecular complexity index is 845. The fraction of sp³-hybridized carbons (Fsp3) is 0.800. The van der Waals surface area contributed by atoms with Crippen LogP contribution in [0, 0.1) is 35.5 Å². The number of carboxylic acid groups (broad SMARTS) is 1. The number of carboxylic acids is 1. The number of hydrogen-bond donors (Lipinski definition) is 1. The van der Waals surface area contributed by atoms with Gasteiger partial charge in [-0.05, 0) is 104 Å². The highest BCUT2D eigenvalue weighted by Crippen LogP contribution is 2.46. The molecule has 0 heterocycles. The molecule has 1 aromatic rings. The molecule has 0 bridgehead atoms. The quantitative estimate of drug-likeness (QED) is 0.276. The van der Waals surface area contributed by atoms with Crippen molar-refractivity contribution in [3.05, 3.63) is 29.3 Å². The van der Waals surface area contributed by atoms with Crippen LogP contribution in [0.2, 0.25) is 0 Å². The molecular weight excluding hydrogens is 466 g/mol. The molecule has 2 aliphatic rings. The Morgan fingerprint density at radius 3 is 1.89 bits per heavy atom. The van der Waals surface area contributed by atoms with E-state index in [9.17, 15) is 9.90 Å². The highest BCUT2D eigenvalue weighted by Gasteiger charge is 2.42. The van der Waals surface area contributed by atoms with Gasteiger partial charge in [-0.15, -0.1) is 0 Å². The predicted molar refractivity (Wildman–Crippen MR) is 163 cm³/mol. The lowest BCUT2D eigenvalue weighted by atomic mass is 9.69. The third-order valence-electron chi connectivity index (χ3n) is 10.3. The molecule has 3 nitrogen and oxygen atoms in total. The van der Waals surface area contributed by atoms with Crippen LogP contribution in [0.1, 0.15) is 148 Å². The number of carbonyl (C=O) groups is 1. The number of aromatic carboxylic acids is 1. The van der Waals surface area contributed by atoms with E-state index in [0.29, 0.717) is 47.2 Å². The van der Waals surface area contributed by atoms with E-state index >= 15 is 0 Å². The molecule has 0 radical (unpaired) electrons. The van der Waals surface area contributed by atoms with Crippen molar-refractivity contribution in [3.8, 4) is 0 Å². The van der Waals surface area contributed by atoms with Crippen LogP contribution in [0.3, 0.4) is 0 Å². The second-order valence-electron chi connectivity index (χ2n) is 13.9. The lowest BCUT2D eigenvalue weighted by Crippen LogP contribution is -2.55. The van der Waals surface area contributed by atoms with Crippen LogP contribution in [0.4, 0.5) is 5.69 Å². The van der Waals surface area contributed by atoms with Crippen molar-refractivity contribution in [1.82, 2.24) is 0 Å². The molecule has 1 N–H and O–H groups in total. The topological polar surface area (TPSA) is 40.5 Å². The van der Waals surface area contributed by atoms with Gasteiger partial charge in [0.05, 0.1) is 5.56 Å². The first-order chi connectivity index (χ1) is 18.1. The fourth-order valence-corrected chi connectivity index (χ4v) is 8.04. The zero-order chi connectivity index (χ0) is 28.0. The van der Waals surface area contributed by atoms with Crippen LogP contribution in [0.25, 0.3) is 0 Å². The van der Waals surface area contributed by atoms with Gasteiger partial charge in [-0.3, -0.25) is 0 Å². The number of unbranched alkanes of at least 4 members (excludes halogenated alkanes) is 2. The Kier molecular flexibility index (Phi) is 11.6. The van der Waals surface area contributed by atoms with Gasteiger partial charge in [-0.1, -0.05) is 87.5 Å². The summed E-state index contributed by atoms with van der Waals surface area (Å²) in [5.74, 6) is 3.71. The van der Waals surface area contributed by atoms with Gasteiger partial charge in [-0.25, -0.2) is 4.79 Å². The average Bonchev–Trinajstić information content (AvgIpc) is 2.86. The van der Waals surface area contributed by atoms with Crippen molar-refractivity contribution in [3.63, 3.8) is 0 Å². The molecule has 38 heavy (non-hydrogen) atoms. The summed E-state index contributed by atoms with van der Waals surface area (Å²) in [6, 6.07) is 7.53. The van der Waals surface area contributed by atoms with E-state index in [-0.39, 0.29) is 0 Å². The SMILES string of the molecule is CCCCCC(CC)c1cc(N(C2CC(C)CCC2C(C)C)C2CC(C)CCC2C(C)C)ccc1C(=O)O. The van der Waals surface area contributed by atoms with Crippen LogP contribution >= 0.6 is 0 Å². The maximum atomic E-state index is 12.4. The van der Waals surface area contributed by atoms with E-state index in [1.165, 1.54) is 63.5 Å². The van der Waals surface area contributed by atoms with E-state index in [4.69, 9.17) is 0 Å². The van der Waals surface area contributed by atoms with Crippen molar-refractivity contribution in [2.24, 2.45) is 35.5 Å². The number of rotatable bonds is 12. The summed E-state index contributed by atoms with van der Waals surface area (Å²) in [5.41, 5.74) is 2.90. The van der Waals surface area contributed by atoms with Crippen molar-refractivity contribution in [2.45, 2.75) is 144 Å². The average molecular weight is 526 g/mol. The smallest absolute Gasteiger partial charge is 0.335 e. The third kappa shape index (κ3) is 7.36. The van der Waals surface area contributed by atoms with Crippen molar-refractivity contribution in [2.75, 3.05) is 4.90 Å². The van der Waals surface area contributed by atoms with Crippen molar-refractivity contribution in [1.29, 1.82) is 0 Å². The van der Waals surface area contributed by atoms with Gasteiger partial charge >= 0.3 is 5.97 Å². The molecule has 3 rings (SSSR count). The van der Waals surface area contributed by atoms with E-state index < -0.39 is 5.97 Å². The molecule has 0 spiro atoms. The minimum absolute atomic E-state index is 0.312. The summed E-state index contributed by atoms with van der Waals surface area (Å²) in [4.78, 5) is 15.3. The number of benzene rings is 1. The van der Waals surface area contributed by atoms with Crippen molar-refractivity contribution >= 4 is 11.7 Å². The lowest BCUT2D eigenvalue weighted by Gasteiger charge is -2.53. The first-order valence-electron chi connectivity index (χ1n) is 16.2. The van der Waals surface area contributed by atoms with E-state index in [1.807, 2.05) is 6.07 Å². The van der Waals surface area contributed by atoms with Crippen LogP contribution in [-0.4, -0.2) is 23.2 Å². The van der Waals surface area contributed by atoms with Crippen LogP contribution in [-0.2, 0) is 0 Å². The van der Waals surface area contributed by atoms with E-state index in [2.05, 4.69) is 72.4 Å². The van der Waals surface area contributed by atoms with Crippen molar-refractivity contribution < 1.29 is 9.90 Å². The number of anilines is 1. The Balaban J connectivity index is 2.16. The molecular formula is C35H59NO2. The molecule has 216 valence electrons. The molecule has 7 atom stereocenters. The second-order valence-corrected chi connectivity index (χ2v) is 13.9. The molecule has 2 saturated carbocycles. The van der Waals surface area contributed by atoms with Crippen LogP contribution in [0.5, 0.6) is 0 Å². The standard InChI is InChI=1S/C35H59NO2/c1-9-11-12-13-27(10-2)32-22-28(16-19-31(32)35(37)38)36(33-20-25(7)14-17-29(33)23(3)4)34-21-26(8)15-18-30(34)24(5)6/h16,19,22-27,29-30,33-34H,9-15,17-18,20-21H2,1-8H3,(H,37,38). The minimum atomic E-state index is -0.773. The van der Waals surface area contributed by atoms with Gasteiger partial charge in [0.2, 0.25) is 0 Å². The molecule has 0 aromatic heterocycles. The van der Waals surface area contributed by atoms with Gasteiger partial charge in [0.15, 0.2) is 0 Å². The zero-order valence-corrected chi connectivity index (χ0v) is 26.0. The maximum Gasteiger partial charge on any atom is 0.335 e. The second kappa shape index (κ2) is 14.2. The molecule has 2 fully saturated rings. The third-order valence-corrected chi connectivity index (χ3v) is 10.3. The summed E-state index contributed by atoms with van der Waals surface area (Å²) in [7, 11) is 0. The molecule has 2 aliphatic carbocycles. The summed E-state index contributed by atoms with van der Waals surface area (Å²) in [5, 5.41) is 10.2. The molecule has 0 amide bonds. The number of nitrogens with zero attached hydrogens (tertiary/aromatic N) is 1. The van der Waals surface area contributed by atoms with Crippen LogP contribution in [0.15, 0.2) is 18.2 Å². The lowest BCUT2D eigenvalue weighted by molar-refractivity contribution is 0.0695. The monoisotopic (exact) mass is 525 g/mol. The Morgan fingerprint density at radius 1 is 0.895 bits per heavy atom. The highest BCUT2D eigenvalue weighted by atomic mass is 16.4. The van der Waals surface area contributed by atoms with Gasteiger partial charge in [0.1, 0.15) is 0 Å². The molecule has 1 aromatic carbocycles. The van der Waals surface area contributed by atoms with Gasteiger partial charge in [-0.2, -0.15) is 0 Å². The molecule has 7 unspecified atom stereocenters. The summed E-state index contributed by atoms with van der Waals surface area (Å²) < 4.78 is 0. The summed E-state index contributed by atoms with van der Waals surface area (Å²) >= 11 is 0. The van der Waals surface area contributed by atoms with Crippen LogP contribution < -0.4 is 4.90 Å². The zero-order valence-electron chi connectivity index (χ0n) is 26.0. The fourth-order valence-electron chi connectivity index (χ4n) is 8.04. The van der Waals surface area contributed by atoms with E-state index in [1.54, 1.807) is 0 Å². The molecule has 0 aliphatic heterocycles. The maximum absolute atomic E-state index is 12.4. The Hall–Kier alpha value is -1.51. The van der Waals surface area contributed by atoms with Gasteiger partial charge < -0.3 is 10.0 Å². The van der Waals surface area contributed by atoms with Gasteiger partial charge in [0.25, 0.3) is 0 Å². The first kappa shape index (κ1) is 31.0. The highest BCUT2D eigenvalue weighted by molar-refractivity contribution is 5.90. The normalized spacial score (nSPS) is 29.0. The number of hydrogen-bond acceptors (Lipinski definition) is 2. The first-order valence-corrected chi connectivity index (χ1v) is 16.2. The Labute approximate surface area is 235 Å². The largest absolute Gasteiger partial charge is 0.478 e.